The van der Waals surface area contributed by atoms with Crippen LogP contribution in [0.2, 0.25) is 0 Å². The predicted molar refractivity (Wildman–Crippen MR) is 59.3 cm³/mol. The second kappa shape index (κ2) is 5.01. The molecule has 0 saturated heterocycles. The van der Waals surface area contributed by atoms with Gasteiger partial charge in [-0.15, -0.1) is 0 Å². The first kappa shape index (κ1) is 11.7. The number of ether oxygens (including phenoxy) is 1. The summed E-state index contributed by atoms with van der Waals surface area (Å²) in [6.45, 7) is 0. The smallest absolute Gasteiger partial charge is 0.399 e. The minimum atomic E-state index is -1.18. The molecule has 1 N–H and O–H groups in total. The Hall–Kier alpha value is -2.81. The fourth-order valence-corrected chi connectivity index (χ4v) is 1.27. The van der Waals surface area contributed by atoms with Crippen LogP contribution >= 0.6 is 0 Å². The van der Waals surface area contributed by atoms with Crippen LogP contribution in [0.15, 0.2) is 34.9 Å². The molecule has 1 aromatic carbocycles. The summed E-state index contributed by atoms with van der Waals surface area (Å²) in [4.78, 5) is 14.2. The van der Waals surface area contributed by atoms with Gasteiger partial charge in [-0.25, -0.2) is 4.79 Å². The van der Waals surface area contributed by atoms with Crippen molar-refractivity contribution in [3.8, 4) is 17.9 Å². The quantitative estimate of drug-likeness (QED) is 0.885. The number of hydrogen-bond donors (Lipinski definition) is 1. The first-order valence-electron chi connectivity index (χ1n) is 5.01. The third-order valence-electron chi connectivity index (χ3n) is 2.11. The summed E-state index contributed by atoms with van der Waals surface area (Å²) in [5.41, 5.74) is 0.648. The van der Waals surface area contributed by atoms with Gasteiger partial charge in [0.25, 0.3) is 0 Å². The van der Waals surface area contributed by atoms with Crippen LogP contribution in [-0.2, 0) is 6.42 Å². The molecule has 18 heavy (non-hydrogen) atoms. The molecule has 6 nitrogen and oxygen atoms in total. The third-order valence-corrected chi connectivity index (χ3v) is 2.11. The van der Waals surface area contributed by atoms with Crippen LogP contribution < -0.4 is 4.74 Å². The molecule has 0 fully saturated rings. The maximum Gasteiger partial charge on any atom is 0.399 e. The summed E-state index contributed by atoms with van der Waals surface area (Å²) in [6, 6.07) is 8.80. The van der Waals surface area contributed by atoms with Crippen LogP contribution in [0.5, 0.6) is 11.8 Å². The molecular formula is C12H8N2O4. The van der Waals surface area contributed by atoms with E-state index < -0.39 is 5.97 Å². The van der Waals surface area contributed by atoms with Gasteiger partial charge < -0.3 is 14.3 Å². The molecule has 0 bridgehead atoms. The van der Waals surface area contributed by atoms with E-state index in [4.69, 9.17) is 19.5 Å². The lowest BCUT2D eigenvalue weighted by atomic mass is 10.2. The molecule has 0 spiro atoms. The molecule has 6 heteroatoms. The normalized spacial score (nSPS) is 9.72. The third kappa shape index (κ3) is 2.65. The zero-order valence-corrected chi connectivity index (χ0v) is 9.16. The fourth-order valence-electron chi connectivity index (χ4n) is 1.27. The maximum atomic E-state index is 10.6. The van der Waals surface area contributed by atoms with Crippen molar-refractivity contribution >= 4 is 5.97 Å². The van der Waals surface area contributed by atoms with Crippen molar-refractivity contribution in [2.24, 2.45) is 0 Å². The Labute approximate surface area is 102 Å². The van der Waals surface area contributed by atoms with E-state index in [0.717, 1.165) is 11.8 Å². The van der Waals surface area contributed by atoms with Crippen LogP contribution in [-0.4, -0.2) is 16.1 Å². The summed E-state index contributed by atoms with van der Waals surface area (Å²) < 4.78 is 10.1. The van der Waals surface area contributed by atoms with Crippen molar-refractivity contribution in [2.45, 2.75) is 6.42 Å². The second-order valence-electron chi connectivity index (χ2n) is 3.38. The molecule has 0 radical (unpaired) electrons. The Morgan fingerprint density at radius 1 is 1.44 bits per heavy atom. The predicted octanol–water partition coefficient (Wildman–Crippen LogP) is 2.23. The van der Waals surface area contributed by atoms with E-state index in [1.807, 2.05) is 6.07 Å². The van der Waals surface area contributed by atoms with Crippen molar-refractivity contribution < 1.29 is 19.1 Å². The summed E-state index contributed by atoms with van der Waals surface area (Å²) in [7, 11) is 0. The number of carboxylic acids is 1. The SMILES string of the molecule is N#CCc1ccc(Oc2nc(C(=O)O)co2)cc1. The van der Waals surface area contributed by atoms with E-state index in [-0.39, 0.29) is 11.8 Å². The van der Waals surface area contributed by atoms with Gasteiger partial charge in [0, 0.05) is 0 Å². The summed E-state index contributed by atoms with van der Waals surface area (Å²) >= 11 is 0. The standard InChI is InChI=1S/C12H8N2O4/c13-6-5-8-1-3-9(4-2-8)18-12-14-10(7-17-12)11(15)16/h1-4,7H,5H2,(H,15,16). The number of rotatable bonds is 4. The van der Waals surface area contributed by atoms with Gasteiger partial charge >= 0.3 is 12.0 Å². The van der Waals surface area contributed by atoms with Crippen molar-refractivity contribution in [2.75, 3.05) is 0 Å². The summed E-state index contributed by atoms with van der Waals surface area (Å²) in [6.07, 6.45) is 1.19. The van der Waals surface area contributed by atoms with Gasteiger partial charge in [0.2, 0.25) is 0 Å². The highest BCUT2D eigenvalue weighted by atomic mass is 16.6. The first-order chi connectivity index (χ1) is 8.69. The number of oxazole rings is 1. The summed E-state index contributed by atoms with van der Waals surface area (Å²) in [5.74, 6) is -0.728. The number of nitriles is 1. The van der Waals surface area contributed by atoms with Crippen LogP contribution in [0.25, 0.3) is 0 Å². The van der Waals surface area contributed by atoms with E-state index in [9.17, 15) is 4.79 Å². The second-order valence-corrected chi connectivity index (χ2v) is 3.38. The fraction of sp³-hybridized carbons (Fsp3) is 0.0833. The van der Waals surface area contributed by atoms with E-state index in [1.165, 1.54) is 0 Å². The van der Waals surface area contributed by atoms with Gasteiger partial charge in [-0.05, 0) is 17.7 Å². The average molecular weight is 244 g/mol. The molecule has 0 atom stereocenters. The number of carboxylic acid groups (broad SMARTS) is 1. The first-order valence-corrected chi connectivity index (χ1v) is 5.01. The van der Waals surface area contributed by atoms with Crippen molar-refractivity contribution in [3.63, 3.8) is 0 Å². The highest BCUT2D eigenvalue weighted by Crippen LogP contribution is 2.21. The lowest BCUT2D eigenvalue weighted by Gasteiger charge is -2.00. The molecular weight excluding hydrogens is 236 g/mol. The molecule has 90 valence electrons. The zero-order chi connectivity index (χ0) is 13.0. The van der Waals surface area contributed by atoms with Crippen molar-refractivity contribution in [1.82, 2.24) is 4.98 Å². The van der Waals surface area contributed by atoms with Crippen molar-refractivity contribution in [1.29, 1.82) is 5.26 Å². The molecule has 0 saturated carbocycles. The minimum absolute atomic E-state index is 0.138. The van der Waals surface area contributed by atoms with Crippen LogP contribution in [0.3, 0.4) is 0 Å². The number of aromatic carboxylic acids is 1. The zero-order valence-electron chi connectivity index (χ0n) is 9.16. The highest BCUT2D eigenvalue weighted by Gasteiger charge is 2.11. The molecule has 0 amide bonds. The molecule has 1 heterocycles. The van der Waals surface area contributed by atoms with Crippen LogP contribution in [0, 0.1) is 11.3 Å². The molecule has 0 aliphatic rings. The largest absolute Gasteiger partial charge is 0.476 e. The van der Waals surface area contributed by atoms with E-state index >= 15 is 0 Å². The van der Waals surface area contributed by atoms with Crippen LogP contribution in [0.1, 0.15) is 16.1 Å². The molecule has 2 aromatic rings. The summed E-state index contributed by atoms with van der Waals surface area (Å²) in [5, 5.41) is 17.2. The monoisotopic (exact) mass is 244 g/mol. The lowest BCUT2D eigenvalue weighted by Crippen LogP contribution is -1.95. The van der Waals surface area contributed by atoms with E-state index in [2.05, 4.69) is 4.98 Å². The number of hydrogen-bond acceptors (Lipinski definition) is 5. The van der Waals surface area contributed by atoms with Gasteiger partial charge in [-0.3, -0.25) is 0 Å². The van der Waals surface area contributed by atoms with Gasteiger partial charge in [0.15, 0.2) is 5.69 Å². The Bertz CT molecular complexity index is 595. The number of nitrogens with zero attached hydrogens (tertiary/aromatic N) is 2. The topological polar surface area (TPSA) is 96.3 Å². The molecule has 0 aliphatic heterocycles. The minimum Gasteiger partial charge on any atom is -0.476 e. The maximum absolute atomic E-state index is 10.6. The van der Waals surface area contributed by atoms with Gasteiger partial charge in [-0.1, -0.05) is 12.1 Å². The number of benzene rings is 1. The van der Waals surface area contributed by atoms with Crippen molar-refractivity contribution in [3.05, 3.63) is 41.8 Å². The van der Waals surface area contributed by atoms with Crippen LogP contribution in [0.4, 0.5) is 0 Å². The molecule has 1 aromatic heterocycles. The lowest BCUT2D eigenvalue weighted by molar-refractivity contribution is 0.0690. The Morgan fingerprint density at radius 3 is 2.72 bits per heavy atom. The Balaban J connectivity index is 2.08. The van der Waals surface area contributed by atoms with Gasteiger partial charge in [-0.2, -0.15) is 10.2 Å². The molecule has 0 unspecified atom stereocenters. The highest BCUT2D eigenvalue weighted by molar-refractivity contribution is 5.84. The van der Waals surface area contributed by atoms with Gasteiger partial charge in [0.1, 0.15) is 12.0 Å². The number of carbonyl (C=O) groups is 1. The van der Waals surface area contributed by atoms with E-state index in [1.54, 1.807) is 24.3 Å². The van der Waals surface area contributed by atoms with Gasteiger partial charge in [0.05, 0.1) is 12.5 Å². The van der Waals surface area contributed by atoms with E-state index in [0.29, 0.717) is 12.2 Å². The molecule has 0 aliphatic carbocycles. The average Bonchev–Trinajstić information content (AvgIpc) is 2.81. The number of aromatic nitrogens is 1. The Morgan fingerprint density at radius 2 is 2.17 bits per heavy atom. The Kier molecular flexibility index (Phi) is 3.25. The molecule has 2 rings (SSSR count).